The Kier molecular flexibility index (Phi) is 5.57. The standard InChI is InChI=1S/C13H20N2O/c1-3-14-8-5-9-15-13(16)12-7-4-6-11(2)10-12/h4,6-7,10,14H,3,5,8-9H2,1-2H3,(H,15,16). The number of rotatable bonds is 6. The van der Waals surface area contributed by atoms with E-state index in [4.69, 9.17) is 0 Å². The van der Waals surface area contributed by atoms with Crippen LogP contribution in [0.3, 0.4) is 0 Å². The van der Waals surface area contributed by atoms with E-state index in [1.165, 1.54) is 0 Å². The van der Waals surface area contributed by atoms with Crippen LogP contribution in [0.5, 0.6) is 0 Å². The zero-order chi connectivity index (χ0) is 11.8. The lowest BCUT2D eigenvalue weighted by Crippen LogP contribution is -2.27. The molecule has 3 heteroatoms. The van der Waals surface area contributed by atoms with E-state index in [1.54, 1.807) is 0 Å². The first-order valence-electron chi connectivity index (χ1n) is 5.79. The van der Waals surface area contributed by atoms with Gasteiger partial charge in [-0.15, -0.1) is 0 Å². The molecule has 1 amide bonds. The van der Waals surface area contributed by atoms with Crippen molar-refractivity contribution in [2.45, 2.75) is 20.3 Å². The molecule has 0 saturated heterocycles. The predicted octanol–water partition coefficient (Wildman–Crippen LogP) is 1.72. The Bertz CT molecular complexity index is 336. The zero-order valence-electron chi connectivity index (χ0n) is 10.0. The van der Waals surface area contributed by atoms with Gasteiger partial charge in [0, 0.05) is 12.1 Å². The average Bonchev–Trinajstić information content (AvgIpc) is 2.28. The molecule has 0 bridgehead atoms. The molecule has 1 aromatic rings. The fraction of sp³-hybridized carbons (Fsp3) is 0.462. The Morgan fingerprint density at radius 2 is 2.12 bits per heavy atom. The van der Waals surface area contributed by atoms with Crippen molar-refractivity contribution in [2.75, 3.05) is 19.6 Å². The summed E-state index contributed by atoms with van der Waals surface area (Å²) in [6.45, 7) is 6.71. The second kappa shape index (κ2) is 7.01. The molecular formula is C13H20N2O. The summed E-state index contributed by atoms with van der Waals surface area (Å²) in [6, 6.07) is 7.64. The number of hydrogen-bond acceptors (Lipinski definition) is 2. The third-order valence-corrected chi connectivity index (χ3v) is 2.35. The summed E-state index contributed by atoms with van der Waals surface area (Å²) in [5.74, 6) is 0.0141. The predicted molar refractivity (Wildman–Crippen MR) is 66.7 cm³/mol. The van der Waals surface area contributed by atoms with E-state index in [9.17, 15) is 4.79 Å². The zero-order valence-corrected chi connectivity index (χ0v) is 10.0. The second-order valence-corrected chi connectivity index (χ2v) is 3.83. The first kappa shape index (κ1) is 12.7. The molecule has 0 radical (unpaired) electrons. The van der Waals surface area contributed by atoms with Gasteiger partial charge in [0.15, 0.2) is 0 Å². The highest BCUT2D eigenvalue weighted by molar-refractivity contribution is 5.94. The molecule has 1 aromatic carbocycles. The van der Waals surface area contributed by atoms with E-state index in [0.717, 1.165) is 37.2 Å². The first-order valence-corrected chi connectivity index (χ1v) is 5.79. The maximum Gasteiger partial charge on any atom is 0.251 e. The Morgan fingerprint density at radius 1 is 1.31 bits per heavy atom. The SMILES string of the molecule is CCNCCCNC(=O)c1cccc(C)c1. The van der Waals surface area contributed by atoms with Gasteiger partial charge in [0.2, 0.25) is 0 Å². The van der Waals surface area contributed by atoms with Gasteiger partial charge in [0.25, 0.3) is 5.91 Å². The van der Waals surface area contributed by atoms with Crippen LogP contribution in [-0.4, -0.2) is 25.5 Å². The Labute approximate surface area is 97.2 Å². The molecule has 88 valence electrons. The topological polar surface area (TPSA) is 41.1 Å². The summed E-state index contributed by atoms with van der Waals surface area (Å²) in [5.41, 5.74) is 1.85. The van der Waals surface area contributed by atoms with Crippen molar-refractivity contribution in [3.63, 3.8) is 0 Å². The smallest absolute Gasteiger partial charge is 0.251 e. The van der Waals surface area contributed by atoms with E-state index >= 15 is 0 Å². The third kappa shape index (κ3) is 4.45. The summed E-state index contributed by atoms with van der Waals surface area (Å²) in [5, 5.41) is 6.13. The van der Waals surface area contributed by atoms with Crippen molar-refractivity contribution in [2.24, 2.45) is 0 Å². The van der Waals surface area contributed by atoms with Crippen molar-refractivity contribution in [1.29, 1.82) is 0 Å². The molecule has 0 aliphatic heterocycles. The summed E-state index contributed by atoms with van der Waals surface area (Å²) in [4.78, 5) is 11.7. The van der Waals surface area contributed by atoms with Crippen molar-refractivity contribution in [3.05, 3.63) is 35.4 Å². The lowest BCUT2D eigenvalue weighted by molar-refractivity contribution is 0.0953. The second-order valence-electron chi connectivity index (χ2n) is 3.83. The molecule has 0 saturated carbocycles. The molecule has 0 aromatic heterocycles. The van der Waals surface area contributed by atoms with E-state index in [2.05, 4.69) is 17.6 Å². The van der Waals surface area contributed by atoms with E-state index in [1.807, 2.05) is 31.2 Å². The number of nitrogens with one attached hydrogen (secondary N) is 2. The Hall–Kier alpha value is -1.35. The van der Waals surface area contributed by atoms with Gasteiger partial charge in [-0.3, -0.25) is 4.79 Å². The molecule has 16 heavy (non-hydrogen) atoms. The molecule has 1 rings (SSSR count). The first-order chi connectivity index (χ1) is 7.74. The largest absolute Gasteiger partial charge is 0.352 e. The maximum absolute atomic E-state index is 11.7. The van der Waals surface area contributed by atoms with Gasteiger partial charge in [0.1, 0.15) is 0 Å². The highest BCUT2D eigenvalue weighted by Crippen LogP contribution is 2.03. The molecular weight excluding hydrogens is 200 g/mol. The number of aryl methyl sites for hydroxylation is 1. The van der Waals surface area contributed by atoms with Gasteiger partial charge < -0.3 is 10.6 Å². The highest BCUT2D eigenvalue weighted by atomic mass is 16.1. The number of carbonyl (C=O) groups excluding carboxylic acids is 1. The Balaban J connectivity index is 2.30. The molecule has 0 aliphatic carbocycles. The maximum atomic E-state index is 11.7. The van der Waals surface area contributed by atoms with Gasteiger partial charge in [0.05, 0.1) is 0 Å². The molecule has 0 spiro atoms. The van der Waals surface area contributed by atoms with E-state index in [-0.39, 0.29) is 5.91 Å². The van der Waals surface area contributed by atoms with Crippen molar-refractivity contribution in [1.82, 2.24) is 10.6 Å². The van der Waals surface area contributed by atoms with Crippen LogP contribution in [0, 0.1) is 6.92 Å². The minimum atomic E-state index is 0.0141. The van der Waals surface area contributed by atoms with E-state index < -0.39 is 0 Å². The minimum Gasteiger partial charge on any atom is -0.352 e. The van der Waals surface area contributed by atoms with Gasteiger partial charge in [-0.2, -0.15) is 0 Å². The third-order valence-electron chi connectivity index (χ3n) is 2.35. The number of benzene rings is 1. The van der Waals surface area contributed by atoms with Crippen LogP contribution in [0.25, 0.3) is 0 Å². The molecule has 0 atom stereocenters. The molecule has 3 nitrogen and oxygen atoms in total. The summed E-state index contributed by atoms with van der Waals surface area (Å²) < 4.78 is 0. The molecule has 2 N–H and O–H groups in total. The van der Waals surface area contributed by atoms with Gasteiger partial charge in [-0.05, 0) is 38.6 Å². The van der Waals surface area contributed by atoms with Crippen LogP contribution in [0.15, 0.2) is 24.3 Å². The van der Waals surface area contributed by atoms with Crippen molar-refractivity contribution < 1.29 is 4.79 Å². The fourth-order valence-electron chi connectivity index (χ4n) is 1.48. The lowest BCUT2D eigenvalue weighted by atomic mass is 10.1. The quantitative estimate of drug-likeness (QED) is 0.717. The van der Waals surface area contributed by atoms with Crippen LogP contribution in [0.1, 0.15) is 29.3 Å². The molecule has 0 heterocycles. The van der Waals surface area contributed by atoms with Crippen LogP contribution in [0.2, 0.25) is 0 Å². The van der Waals surface area contributed by atoms with Crippen molar-refractivity contribution in [3.8, 4) is 0 Å². The molecule has 0 aliphatic rings. The summed E-state index contributed by atoms with van der Waals surface area (Å²) in [6.07, 6.45) is 0.964. The van der Waals surface area contributed by atoms with Gasteiger partial charge >= 0.3 is 0 Å². The summed E-state index contributed by atoms with van der Waals surface area (Å²) >= 11 is 0. The van der Waals surface area contributed by atoms with Crippen molar-refractivity contribution >= 4 is 5.91 Å². The number of carbonyl (C=O) groups is 1. The minimum absolute atomic E-state index is 0.0141. The van der Waals surface area contributed by atoms with Gasteiger partial charge in [-0.25, -0.2) is 0 Å². The highest BCUT2D eigenvalue weighted by Gasteiger charge is 2.03. The average molecular weight is 220 g/mol. The van der Waals surface area contributed by atoms with Crippen LogP contribution in [0.4, 0.5) is 0 Å². The molecule has 0 fully saturated rings. The normalized spacial score (nSPS) is 10.1. The monoisotopic (exact) mass is 220 g/mol. The number of amides is 1. The van der Waals surface area contributed by atoms with Crippen LogP contribution in [-0.2, 0) is 0 Å². The Morgan fingerprint density at radius 3 is 2.81 bits per heavy atom. The lowest BCUT2D eigenvalue weighted by Gasteiger charge is -2.06. The van der Waals surface area contributed by atoms with Crippen LogP contribution >= 0.6 is 0 Å². The van der Waals surface area contributed by atoms with E-state index in [0.29, 0.717) is 0 Å². The number of hydrogen-bond donors (Lipinski definition) is 2. The van der Waals surface area contributed by atoms with Crippen LogP contribution < -0.4 is 10.6 Å². The van der Waals surface area contributed by atoms with Gasteiger partial charge in [-0.1, -0.05) is 24.6 Å². The summed E-state index contributed by atoms with van der Waals surface area (Å²) in [7, 11) is 0. The molecule has 0 unspecified atom stereocenters. The fourth-order valence-corrected chi connectivity index (χ4v) is 1.48.